The number of halogens is 1. The third-order valence-corrected chi connectivity index (χ3v) is 1.52. The van der Waals surface area contributed by atoms with Gasteiger partial charge in [0.05, 0.1) is 0 Å². The van der Waals surface area contributed by atoms with Crippen molar-refractivity contribution in [2.45, 2.75) is 13.0 Å². The molecular formula is C6H9ClN2O. The molecule has 0 saturated carbocycles. The van der Waals surface area contributed by atoms with E-state index in [-0.39, 0.29) is 5.69 Å². The molecule has 0 amide bonds. The zero-order valence-electron chi connectivity index (χ0n) is 5.51. The number of aryl methyl sites for hydroxylation is 1. The Hall–Kier alpha value is -0.700. The van der Waals surface area contributed by atoms with Crippen molar-refractivity contribution >= 4 is 11.6 Å². The van der Waals surface area contributed by atoms with Crippen LogP contribution in [-0.2, 0) is 6.54 Å². The molecule has 56 valence electrons. The molecular weight excluding hydrogens is 152 g/mol. The van der Waals surface area contributed by atoms with Crippen molar-refractivity contribution in [3.63, 3.8) is 0 Å². The molecule has 0 aliphatic rings. The van der Waals surface area contributed by atoms with Gasteiger partial charge >= 0.3 is 5.69 Å². The van der Waals surface area contributed by atoms with Gasteiger partial charge in [-0.2, -0.15) is 0 Å². The summed E-state index contributed by atoms with van der Waals surface area (Å²) in [7, 11) is 0. The first-order valence-electron chi connectivity index (χ1n) is 3.14. The molecule has 0 saturated heterocycles. The van der Waals surface area contributed by atoms with Crippen LogP contribution in [0.25, 0.3) is 0 Å². The average Bonchev–Trinajstić information content (AvgIpc) is 2.31. The number of alkyl halides is 1. The summed E-state index contributed by atoms with van der Waals surface area (Å²) in [6, 6.07) is 0. The van der Waals surface area contributed by atoms with E-state index in [9.17, 15) is 4.79 Å². The lowest BCUT2D eigenvalue weighted by atomic mass is 10.5. The van der Waals surface area contributed by atoms with E-state index in [4.69, 9.17) is 11.6 Å². The van der Waals surface area contributed by atoms with Crippen molar-refractivity contribution in [3.8, 4) is 0 Å². The average molecular weight is 161 g/mol. The number of aromatic nitrogens is 2. The van der Waals surface area contributed by atoms with E-state index in [0.29, 0.717) is 12.4 Å². The van der Waals surface area contributed by atoms with Crippen LogP contribution >= 0.6 is 11.6 Å². The van der Waals surface area contributed by atoms with E-state index in [1.165, 1.54) is 0 Å². The van der Waals surface area contributed by atoms with Gasteiger partial charge in [-0.15, -0.1) is 11.6 Å². The lowest BCUT2D eigenvalue weighted by Gasteiger charge is -1.94. The molecule has 0 atom stereocenters. The summed E-state index contributed by atoms with van der Waals surface area (Å²) in [6.07, 6.45) is 4.17. The van der Waals surface area contributed by atoms with E-state index < -0.39 is 0 Å². The fourth-order valence-corrected chi connectivity index (χ4v) is 0.875. The Balaban J connectivity index is 2.57. The number of H-pyrrole nitrogens is 1. The van der Waals surface area contributed by atoms with E-state index in [0.717, 1.165) is 6.42 Å². The van der Waals surface area contributed by atoms with Gasteiger partial charge in [0, 0.05) is 24.8 Å². The van der Waals surface area contributed by atoms with E-state index in [1.807, 2.05) is 0 Å². The minimum atomic E-state index is -0.0647. The van der Waals surface area contributed by atoms with Crippen molar-refractivity contribution in [3.05, 3.63) is 22.9 Å². The Labute approximate surface area is 63.6 Å². The first-order valence-corrected chi connectivity index (χ1v) is 3.68. The smallest absolute Gasteiger partial charge is 0.313 e. The number of nitrogens with one attached hydrogen (secondary N) is 1. The molecule has 0 aliphatic carbocycles. The molecule has 1 aromatic heterocycles. The van der Waals surface area contributed by atoms with Crippen LogP contribution in [0.4, 0.5) is 0 Å². The fourth-order valence-electron chi connectivity index (χ4n) is 0.755. The molecule has 1 heterocycles. The number of hydrogen-bond donors (Lipinski definition) is 1. The maximum atomic E-state index is 10.8. The molecule has 0 aliphatic heterocycles. The molecule has 0 spiro atoms. The van der Waals surface area contributed by atoms with Crippen molar-refractivity contribution in [1.29, 1.82) is 0 Å². The largest absolute Gasteiger partial charge is 0.325 e. The number of nitrogens with zero attached hydrogens (tertiary/aromatic N) is 1. The summed E-state index contributed by atoms with van der Waals surface area (Å²) in [5.41, 5.74) is -0.0647. The monoisotopic (exact) mass is 160 g/mol. The van der Waals surface area contributed by atoms with Crippen LogP contribution in [0.15, 0.2) is 17.2 Å². The highest BCUT2D eigenvalue weighted by atomic mass is 35.5. The molecule has 0 fully saturated rings. The molecule has 1 aromatic rings. The van der Waals surface area contributed by atoms with E-state index in [2.05, 4.69) is 4.98 Å². The maximum Gasteiger partial charge on any atom is 0.325 e. The predicted molar refractivity (Wildman–Crippen MR) is 40.4 cm³/mol. The molecule has 0 bridgehead atoms. The van der Waals surface area contributed by atoms with E-state index >= 15 is 0 Å². The predicted octanol–water partition coefficient (Wildman–Crippen LogP) is 0.805. The fraction of sp³-hybridized carbons (Fsp3) is 0.500. The van der Waals surface area contributed by atoms with Crippen LogP contribution < -0.4 is 5.69 Å². The van der Waals surface area contributed by atoms with Crippen LogP contribution in [0, 0.1) is 0 Å². The number of rotatable bonds is 3. The first kappa shape index (κ1) is 7.41. The second-order valence-corrected chi connectivity index (χ2v) is 2.38. The Bertz CT molecular complexity index is 240. The number of hydrogen-bond acceptors (Lipinski definition) is 1. The molecule has 1 rings (SSSR count). The Kier molecular flexibility index (Phi) is 2.57. The normalized spacial score (nSPS) is 10.1. The lowest BCUT2D eigenvalue weighted by Crippen LogP contribution is -2.16. The summed E-state index contributed by atoms with van der Waals surface area (Å²) in [6.45, 7) is 0.700. The van der Waals surface area contributed by atoms with Crippen molar-refractivity contribution in [2.75, 3.05) is 5.88 Å². The second-order valence-electron chi connectivity index (χ2n) is 2.00. The summed E-state index contributed by atoms with van der Waals surface area (Å²) in [5.74, 6) is 0.595. The summed E-state index contributed by atoms with van der Waals surface area (Å²) in [5, 5.41) is 0. The third-order valence-electron chi connectivity index (χ3n) is 1.25. The van der Waals surface area contributed by atoms with Gasteiger partial charge in [-0.05, 0) is 6.42 Å². The minimum Gasteiger partial charge on any atom is -0.313 e. The van der Waals surface area contributed by atoms with Gasteiger partial charge in [-0.25, -0.2) is 4.79 Å². The van der Waals surface area contributed by atoms with Crippen LogP contribution in [0.3, 0.4) is 0 Å². The van der Waals surface area contributed by atoms with Crippen LogP contribution in [-0.4, -0.2) is 15.4 Å². The first-order chi connectivity index (χ1) is 4.84. The maximum absolute atomic E-state index is 10.8. The molecule has 1 N–H and O–H groups in total. The molecule has 10 heavy (non-hydrogen) atoms. The third kappa shape index (κ3) is 1.64. The SMILES string of the molecule is O=c1[nH]ccn1CCCCl. The second kappa shape index (κ2) is 3.46. The van der Waals surface area contributed by atoms with Gasteiger partial charge in [0.25, 0.3) is 0 Å². The Morgan fingerprint density at radius 3 is 3.00 bits per heavy atom. The topological polar surface area (TPSA) is 37.8 Å². The highest BCUT2D eigenvalue weighted by molar-refractivity contribution is 6.17. The quantitative estimate of drug-likeness (QED) is 0.653. The van der Waals surface area contributed by atoms with Crippen LogP contribution in [0.1, 0.15) is 6.42 Å². The van der Waals surface area contributed by atoms with Crippen LogP contribution in [0.2, 0.25) is 0 Å². The molecule has 3 nitrogen and oxygen atoms in total. The summed E-state index contributed by atoms with van der Waals surface area (Å²) < 4.78 is 1.60. The standard InChI is InChI=1S/C6H9ClN2O/c7-2-1-4-9-5-3-8-6(9)10/h3,5H,1-2,4H2,(H,8,10). The van der Waals surface area contributed by atoms with Gasteiger partial charge < -0.3 is 4.98 Å². The molecule has 0 radical (unpaired) electrons. The lowest BCUT2D eigenvalue weighted by molar-refractivity contribution is 0.659. The Morgan fingerprint density at radius 2 is 2.50 bits per heavy atom. The summed E-state index contributed by atoms with van der Waals surface area (Å²) >= 11 is 5.45. The van der Waals surface area contributed by atoms with Gasteiger partial charge in [0.15, 0.2) is 0 Å². The van der Waals surface area contributed by atoms with Gasteiger partial charge in [0.1, 0.15) is 0 Å². The summed E-state index contributed by atoms with van der Waals surface area (Å²) in [4.78, 5) is 13.3. The molecule has 0 aromatic carbocycles. The Morgan fingerprint density at radius 1 is 1.70 bits per heavy atom. The van der Waals surface area contributed by atoms with Gasteiger partial charge in [-0.3, -0.25) is 4.57 Å². The highest BCUT2D eigenvalue weighted by Gasteiger charge is 1.92. The molecule has 0 unspecified atom stereocenters. The molecule has 4 heteroatoms. The van der Waals surface area contributed by atoms with Crippen molar-refractivity contribution < 1.29 is 0 Å². The number of imidazole rings is 1. The minimum absolute atomic E-state index is 0.0647. The van der Waals surface area contributed by atoms with Crippen molar-refractivity contribution in [1.82, 2.24) is 9.55 Å². The van der Waals surface area contributed by atoms with E-state index in [1.54, 1.807) is 17.0 Å². The number of aromatic amines is 1. The zero-order chi connectivity index (χ0) is 7.40. The van der Waals surface area contributed by atoms with Gasteiger partial charge in [-0.1, -0.05) is 0 Å². The highest BCUT2D eigenvalue weighted by Crippen LogP contribution is 1.87. The zero-order valence-corrected chi connectivity index (χ0v) is 6.27. The van der Waals surface area contributed by atoms with Crippen molar-refractivity contribution in [2.24, 2.45) is 0 Å². The van der Waals surface area contributed by atoms with Crippen LogP contribution in [0.5, 0.6) is 0 Å². The van der Waals surface area contributed by atoms with Gasteiger partial charge in [0.2, 0.25) is 0 Å².